The summed E-state index contributed by atoms with van der Waals surface area (Å²) in [5.41, 5.74) is 0. The van der Waals surface area contributed by atoms with Crippen molar-refractivity contribution in [2.24, 2.45) is 0 Å². The highest BCUT2D eigenvalue weighted by Gasteiger charge is 2.44. The Bertz CT molecular complexity index is 1320. The maximum Gasteiger partial charge on any atom is 0.249 e. The maximum absolute atomic E-state index is 13.2. The molecule has 0 aromatic rings. The Labute approximate surface area is 500 Å². The molecule has 1 aliphatic heterocycles. The summed E-state index contributed by atoms with van der Waals surface area (Å²) in [6, 6.07) is -1.18. The number of carbonyl (C=O) groups excluding carboxylic acids is 1. The first-order valence-electron chi connectivity index (χ1n) is 35.6. The van der Waals surface area contributed by atoms with E-state index in [0.29, 0.717) is 12.8 Å². The number of hydrogen-bond donors (Lipinski definition) is 8. The normalized spacial score (nSPS) is 19.1. The standard InChI is InChI=1S/C70H137NO10/c1-3-5-7-9-11-13-15-17-19-21-23-24-25-26-27-28-29-30-31-32-33-34-35-36-37-38-39-40-42-44-46-48-50-52-54-56-58-63(74)69(79)71-61(60-80-70-68(78)67(77)66(76)64(59-72)81-70)65(75)62(73)57-55-53-51-49-47-45-43-41-22-20-18-16-14-12-10-8-6-4-2/h49,51,61-68,70,72-78H,3-48,50,52-60H2,1-2H3,(H,71,79)/b51-49+. The molecule has 1 heterocycles. The number of hydrogen-bond acceptors (Lipinski definition) is 10. The summed E-state index contributed by atoms with van der Waals surface area (Å²) >= 11 is 0. The van der Waals surface area contributed by atoms with Crippen molar-refractivity contribution in [3.8, 4) is 0 Å². The molecule has 0 bridgehead atoms. The molecular weight excluding hydrogens is 1010 g/mol. The second-order valence-corrected chi connectivity index (χ2v) is 25.3. The molecule has 0 radical (unpaired) electrons. The summed E-state index contributed by atoms with van der Waals surface area (Å²) in [7, 11) is 0. The highest BCUT2D eigenvalue weighted by molar-refractivity contribution is 5.80. The van der Waals surface area contributed by atoms with E-state index in [1.807, 2.05) is 0 Å². The predicted molar refractivity (Wildman–Crippen MR) is 339 cm³/mol. The zero-order chi connectivity index (χ0) is 58.9. The van der Waals surface area contributed by atoms with Gasteiger partial charge in [0.2, 0.25) is 5.91 Å². The minimum absolute atomic E-state index is 0.260. The van der Waals surface area contributed by atoms with E-state index in [1.54, 1.807) is 0 Å². The van der Waals surface area contributed by atoms with Gasteiger partial charge in [0, 0.05) is 0 Å². The van der Waals surface area contributed by atoms with Crippen molar-refractivity contribution in [3.05, 3.63) is 12.2 Å². The SMILES string of the molecule is CCCCCCCCCCCCCCC/C=C/CCCC(O)C(O)C(COC1OC(CO)C(O)C(O)C1O)NC(=O)C(O)CCCCCCCCCCCCCCCCCCCCCCCCCCCCCCCCCCCCCC. The summed E-state index contributed by atoms with van der Waals surface area (Å²) in [4.78, 5) is 13.2. The molecule has 81 heavy (non-hydrogen) atoms. The third-order valence-corrected chi connectivity index (χ3v) is 17.6. The highest BCUT2D eigenvalue weighted by atomic mass is 16.7. The van der Waals surface area contributed by atoms with Gasteiger partial charge >= 0.3 is 0 Å². The molecule has 11 heteroatoms. The lowest BCUT2D eigenvalue weighted by Gasteiger charge is -2.40. The molecule has 482 valence electrons. The first-order valence-corrected chi connectivity index (χ1v) is 35.6. The number of ether oxygens (including phenoxy) is 2. The average Bonchev–Trinajstić information content (AvgIpc) is 3.49. The predicted octanol–water partition coefficient (Wildman–Crippen LogP) is 17.0. The van der Waals surface area contributed by atoms with Crippen LogP contribution in [0.3, 0.4) is 0 Å². The van der Waals surface area contributed by atoms with Crippen LogP contribution >= 0.6 is 0 Å². The van der Waals surface area contributed by atoms with E-state index in [1.165, 1.54) is 283 Å². The molecule has 1 saturated heterocycles. The maximum atomic E-state index is 13.2. The van der Waals surface area contributed by atoms with Gasteiger partial charge in [-0.25, -0.2) is 0 Å². The third kappa shape index (κ3) is 46.7. The van der Waals surface area contributed by atoms with Crippen molar-refractivity contribution in [1.82, 2.24) is 5.32 Å². The van der Waals surface area contributed by atoms with E-state index in [0.717, 1.165) is 38.5 Å². The molecular formula is C70H137NO10. The van der Waals surface area contributed by atoms with Gasteiger partial charge in [0.15, 0.2) is 6.29 Å². The minimum atomic E-state index is -1.67. The van der Waals surface area contributed by atoms with Crippen LogP contribution in [0.15, 0.2) is 12.2 Å². The monoisotopic (exact) mass is 1150 g/mol. The Morgan fingerprint density at radius 2 is 0.728 bits per heavy atom. The van der Waals surface area contributed by atoms with Gasteiger partial charge in [-0.2, -0.15) is 0 Å². The van der Waals surface area contributed by atoms with E-state index < -0.39 is 74.2 Å². The van der Waals surface area contributed by atoms with Crippen molar-refractivity contribution >= 4 is 5.91 Å². The summed E-state index contributed by atoms with van der Waals surface area (Å²) in [6.07, 6.45) is 61.8. The van der Waals surface area contributed by atoms with E-state index in [-0.39, 0.29) is 12.8 Å². The zero-order valence-electron chi connectivity index (χ0n) is 53.3. The fourth-order valence-corrected chi connectivity index (χ4v) is 11.9. The highest BCUT2D eigenvalue weighted by Crippen LogP contribution is 2.24. The molecule has 1 amide bonds. The Morgan fingerprint density at radius 3 is 1.06 bits per heavy atom. The lowest BCUT2D eigenvalue weighted by Crippen LogP contribution is -2.60. The quantitative estimate of drug-likeness (QED) is 0.0215. The largest absolute Gasteiger partial charge is 0.394 e. The number of amides is 1. The van der Waals surface area contributed by atoms with Crippen LogP contribution < -0.4 is 5.32 Å². The molecule has 1 rings (SSSR count). The summed E-state index contributed by atoms with van der Waals surface area (Å²) in [5, 5.41) is 76.4. The van der Waals surface area contributed by atoms with Crippen molar-refractivity contribution in [3.63, 3.8) is 0 Å². The van der Waals surface area contributed by atoms with Crippen molar-refractivity contribution < 1.29 is 50.0 Å². The molecule has 0 aromatic carbocycles. The van der Waals surface area contributed by atoms with Crippen molar-refractivity contribution in [2.45, 2.75) is 416 Å². The Kier molecular flexibility index (Phi) is 56.9. The van der Waals surface area contributed by atoms with Crippen LogP contribution in [-0.4, -0.2) is 110 Å². The van der Waals surface area contributed by atoms with E-state index in [4.69, 9.17) is 9.47 Å². The summed E-state index contributed by atoms with van der Waals surface area (Å²) < 4.78 is 11.2. The molecule has 0 saturated carbocycles. The van der Waals surface area contributed by atoms with Crippen LogP contribution in [0.4, 0.5) is 0 Å². The van der Waals surface area contributed by atoms with Gasteiger partial charge in [0.1, 0.15) is 36.6 Å². The smallest absolute Gasteiger partial charge is 0.249 e. The molecule has 0 spiro atoms. The number of nitrogens with one attached hydrogen (secondary N) is 1. The van der Waals surface area contributed by atoms with E-state index in [2.05, 4.69) is 31.3 Å². The van der Waals surface area contributed by atoms with Crippen LogP contribution in [0.25, 0.3) is 0 Å². The molecule has 1 aliphatic rings. The van der Waals surface area contributed by atoms with E-state index >= 15 is 0 Å². The molecule has 9 unspecified atom stereocenters. The molecule has 11 nitrogen and oxygen atoms in total. The first kappa shape index (κ1) is 77.9. The van der Waals surface area contributed by atoms with Crippen molar-refractivity contribution in [1.29, 1.82) is 0 Å². The van der Waals surface area contributed by atoms with E-state index in [9.17, 15) is 40.5 Å². The first-order chi connectivity index (χ1) is 39.7. The number of aliphatic hydroxyl groups is 7. The number of aliphatic hydroxyl groups excluding tert-OH is 7. The second-order valence-electron chi connectivity index (χ2n) is 25.3. The van der Waals surface area contributed by atoms with Gasteiger partial charge in [-0.1, -0.05) is 334 Å². The van der Waals surface area contributed by atoms with Crippen LogP contribution in [0.1, 0.15) is 361 Å². The number of carbonyl (C=O) groups is 1. The average molecular weight is 1150 g/mol. The zero-order valence-corrected chi connectivity index (χ0v) is 53.3. The second kappa shape index (κ2) is 59.2. The van der Waals surface area contributed by atoms with Gasteiger partial charge in [-0.05, 0) is 38.5 Å². The Hall–Kier alpha value is -1.15. The van der Waals surface area contributed by atoms with Crippen LogP contribution in [-0.2, 0) is 14.3 Å². The third-order valence-electron chi connectivity index (χ3n) is 17.6. The molecule has 1 fully saturated rings. The van der Waals surface area contributed by atoms with Crippen LogP contribution in [0, 0.1) is 0 Å². The molecule has 9 atom stereocenters. The van der Waals surface area contributed by atoms with Gasteiger partial charge in [-0.15, -0.1) is 0 Å². The van der Waals surface area contributed by atoms with Gasteiger partial charge in [0.25, 0.3) is 0 Å². The van der Waals surface area contributed by atoms with Gasteiger partial charge in [-0.3, -0.25) is 4.79 Å². The molecule has 0 aromatic heterocycles. The molecule has 8 N–H and O–H groups in total. The fraction of sp³-hybridized carbons (Fsp3) is 0.957. The molecule has 0 aliphatic carbocycles. The lowest BCUT2D eigenvalue weighted by atomic mass is 9.98. The van der Waals surface area contributed by atoms with Crippen LogP contribution in [0.2, 0.25) is 0 Å². The minimum Gasteiger partial charge on any atom is -0.394 e. The van der Waals surface area contributed by atoms with Crippen molar-refractivity contribution in [2.75, 3.05) is 13.2 Å². The summed E-state index contributed by atoms with van der Waals surface area (Å²) in [5.74, 6) is -0.698. The Balaban J connectivity index is 2.13. The number of rotatable bonds is 63. The number of allylic oxidation sites excluding steroid dienone is 2. The number of unbranched alkanes of at least 4 members (excludes halogenated alkanes) is 49. The van der Waals surface area contributed by atoms with Crippen LogP contribution in [0.5, 0.6) is 0 Å². The Morgan fingerprint density at radius 1 is 0.420 bits per heavy atom. The lowest BCUT2D eigenvalue weighted by molar-refractivity contribution is -0.303. The van der Waals surface area contributed by atoms with Gasteiger partial charge in [0.05, 0.1) is 25.4 Å². The van der Waals surface area contributed by atoms with Gasteiger partial charge < -0.3 is 50.5 Å². The summed E-state index contributed by atoms with van der Waals surface area (Å²) in [6.45, 7) is 3.50. The topological polar surface area (TPSA) is 189 Å². The fourth-order valence-electron chi connectivity index (χ4n) is 11.9.